The highest BCUT2D eigenvalue weighted by Gasteiger charge is 2.25. The van der Waals surface area contributed by atoms with Crippen molar-refractivity contribution in [2.75, 3.05) is 5.32 Å². The number of benzene rings is 2. The molecule has 0 aliphatic heterocycles. The van der Waals surface area contributed by atoms with Crippen LogP contribution in [0.5, 0.6) is 5.75 Å². The van der Waals surface area contributed by atoms with E-state index >= 15 is 4.39 Å². The fourth-order valence-corrected chi connectivity index (χ4v) is 4.39. The van der Waals surface area contributed by atoms with Crippen molar-refractivity contribution in [1.29, 1.82) is 0 Å². The van der Waals surface area contributed by atoms with Gasteiger partial charge in [-0.3, -0.25) is 9.36 Å². The molecule has 2 aromatic carbocycles. The number of pyridine rings is 2. The Bertz CT molecular complexity index is 1460. The number of anilines is 1. The van der Waals surface area contributed by atoms with Gasteiger partial charge in [0.1, 0.15) is 23.5 Å². The number of fused-ring (bicyclic) bond motifs is 1. The predicted octanol–water partition coefficient (Wildman–Crippen LogP) is 6.70. The summed E-state index contributed by atoms with van der Waals surface area (Å²) in [6, 6.07) is 20.4. The van der Waals surface area contributed by atoms with Crippen molar-refractivity contribution in [2.24, 2.45) is 0 Å². The summed E-state index contributed by atoms with van der Waals surface area (Å²) in [4.78, 5) is 17.9. The van der Waals surface area contributed by atoms with Gasteiger partial charge in [-0.1, -0.05) is 55.5 Å². The third kappa shape index (κ3) is 4.60. The number of aromatic nitrogens is 2. The SMILES string of the molecule is CCC(Oc1ccccc1)c1c(F)cnc2c1c(=O)cc(NC1=CCCC=C1)n2-c1ccccc1. The molecule has 0 saturated heterocycles. The quantitative estimate of drug-likeness (QED) is 0.329. The van der Waals surface area contributed by atoms with E-state index in [1.165, 1.54) is 12.3 Å². The molecule has 5 nitrogen and oxygen atoms in total. The topological polar surface area (TPSA) is 56.1 Å². The second-order valence-electron chi connectivity index (χ2n) is 8.38. The summed E-state index contributed by atoms with van der Waals surface area (Å²) in [6.45, 7) is 1.91. The number of para-hydroxylation sites is 2. The summed E-state index contributed by atoms with van der Waals surface area (Å²) < 4.78 is 23.3. The van der Waals surface area contributed by atoms with Gasteiger partial charge in [0.25, 0.3) is 0 Å². The largest absolute Gasteiger partial charge is 0.486 e. The number of hydrogen-bond acceptors (Lipinski definition) is 4. The van der Waals surface area contributed by atoms with Crippen molar-refractivity contribution in [3.05, 3.63) is 118 Å². The molecule has 0 fully saturated rings. The highest BCUT2D eigenvalue weighted by Crippen LogP contribution is 2.32. The van der Waals surface area contributed by atoms with Gasteiger partial charge in [0.05, 0.1) is 11.6 Å². The maximum Gasteiger partial charge on any atom is 0.193 e. The summed E-state index contributed by atoms with van der Waals surface area (Å²) >= 11 is 0. The van der Waals surface area contributed by atoms with Crippen LogP contribution in [0.25, 0.3) is 16.7 Å². The van der Waals surface area contributed by atoms with E-state index in [0.29, 0.717) is 23.6 Å². The van der Waals surface area contributed by atoms with Gasteiger partial charge < -0.3 is 10.1 Å². The lowest BCUT2D eigenvalue weighted by atomic mass is 10.0. The van der Waals surface area contributed by atoms with Crippen LogP contribution in [-0.4, -0.2) is 9.55 Å². The Labute approximate surface area is 203 Å². The molecule has 2 heterocycles. The maximum absolute atomic E-state index is 15.3. The van der Waals surface area contributed by atoms with Crippen LogP contribution >= 0.6 is 0 Å². The van der Waals surface area contributed by atoms with Gasteiger partial charge in [-0.15, -0.1) is 0 Å². The fourth-order valence-electron chi connectivity index (χ4n) is 4.39. The molecule has 4 aromatic rings. The molecule has 0 saturated carbocycles. The van der Waals surface area contributed by atoms with E-state index in [9.17, 15) is 4.79 Å². The first kappa shape index (κ1) is 22.6. The van der Waals surface area contributed by atoms with Gasteiger partial charge in [0.2, 0.25) is 0 Å². The molecular weight excluding hydrogens is 441 g/mol. The van der Waals surface area contributed by atoms with Crippen molar-refractivity contribution in [3.63, 3.8) is 0 Å². The first-order chi connectivity index (χ1) is 17.2. The minimum Gasteiger partial charge on any atom is -0.486 e. The molecular formula is C29H26FN3O2. The maximum atomic E-state index is 15.3. The number of halogens is 1. The van der Waals surface area contributed by atoms with Gasteiger partial charge in [-0.2, -0.15) is 0 Å². The normalized spacial score (nSPS) is 13.9. The molecule has 0 spiro atoms. The van der Waals surface area contributed by atoms with Crippen LogP contribution in [0.4, 0.5) is 10.2 Å². The lowest BCUT2D eigenvalue weighted by Gasteiger charge is -2.23. The standard InChI is InChI=1S/C29H26FN3O2/c1-2-25(35-22-16-10-5-11-17-22)27-23(30)19-31-29-28(27)24(34)18-26(32-20-12-6-3-7-13-20)33(29)21-14-8-4-9-15-21/h4-6,8-19,25,32H,2-3,7H2,1H3. The third-order valence-corrected chi connectivity index (χ3v) is 6.01. The van der Waals surface area contributed by atoms with Gasteiger partial charge in [-0.05, 0) is 49.6 Å². The summed E-state index contributed by atoms with van der Waals surface area (Å²) in [5, 5.41) is 3.59. The monoisotopic (exact) mass is 467 g/mol. The molecule has 0 radical (unpaired) electrons. The molecule has 176 valence electrons. The predicted molar refractivity (Wildman–Crippen MR) is 137 cm³/mol. The number of allylic oxidation sites excluding steroid dienone is 3. The van der Waals surface area contributed by atoms with Crippen LogP contribution in [0.3, 0.4) is 0 Å². The van der Waals surface area contributed by atoms with E-state index in [1.54, 1.807) is 0 Å². The minimum absolute atomic E-state index is 0.218. The Hall–Kier alpha value is -4.19. The lowest BCUT2D eigenvalue weighted by Crippen LogP contribution is -2.19. The van der Waals surface area contributed by atoms with E-state index in [0.717, 1.165) is 24.2 Å². The number of nitrogens with one attached hydrogen (secondary N) is 1. The van der Waals surface area contributed by atoms with Crippen LogP contribution < -0.4 is 15.5 Å². The molecule has 1 unspecified atom stereocenters. The van der Waals surface area contributed by atoms with Crippen molar-refractivity contribution in [1.82, 2.24) is 9.55 Å². The second kappa shape index (κ2) is 9.97. The van der Waals surface area contributed by atoms with E-state index < -0.39 is 11.9 Å². The summed E-state index contributed by atoms with van der Waals surface area (Å²) in [6.07, 6.45) is 9.09. The van der Waals surface area contributed by atoms with E-state index in [4.69, 9.17) is 4.74 Å². The van der Waals surface area contributed by atoms with Crippen molar-refractivity contribution in [2.45, 2.75) is 32.3 Å². The van der Waals surface area contributed by atoms with Crippen LogP contribution in [0, 0.1) is 5.82 Å². The van der Waals surface area contributed by atoms with Gasteiger partial charge in [0, 0.05) is 23.0 Å². The Balaban J connectivity index is 1.73. The first-order valence-electron chi connectivity index (χ1n) is 11.8. The average Bonchev–Trinajstić information content (AvgIpc) is 2.89. The Kier molecular flexibility index (Phi) is 6.44. The molecule has 6 heteroatoms. The molecule has 0 amide bonds. The van der Waals surface area contributed by atoms with Gasteiger partial charge in [0.15, 0.2) is 11.1 Å². The van der Waals surface area contributed by atoms with Crippen LogP contribution in [0.2, 0.25) is 0 Å². The molecule has 35 heavy (non-hydrogen) atoms. The second-order valence-corrected chi connectivity index (χ2v) is 8.38. The third-order valence-electron chi connectivity index (χ3n) is 6.01. The van der Waals surface area contributed by atoms with E-state index in [1.807, 2.05) is 78.2 Å². The summed E-state index contributed by atoms with van der Waals surface area (Å²) in [5.41, 5.74) is 1.99. The van der Waals surface area contributed by atoms with Crippen LogP contribution in [0.15, 0.2) is 102 Å². The molecule has 1 N–H and O–H groups in total. The van der Waals surface area contributed by atoms with E-state index in [-0.39, 0.29) is 16.4 Å². The Morgan fingerprint density at radius 2 is 1.83 bits per heavy atom. The smallest absolute Gasteiger partial charge is 0.193 e. The van der Waals surface area contributed by atoms with Gasteiger partial charge >= 0.3 is 0 Å². The fraction of sp³-hybridized carbons (Fsp3) is 0.172. The molecule has 1 aliphatic rings. The highest BCUT2D eigenvalue weighted by atomic mass is 19.1. The Morgan fingerprint density at radius 3 is 2.51 bits per heavy atom. The molecule has 1 aliphatic carbocycles. The first-order valence-corrected chi connectivity index (χ1v) is 11.8. The zero-order valence-electron chi connectivity index (χ0n) is 19.4. The molecule has 0 bridgehead atoms. The van der Waals surface area contributed by atoms with Gasteiger partial charge in [-0.25, -0.2) is 9.37 Å². The van der Waals surface area contributed by atoms with Crippen molar-refractivity contribution < 1.29 is 9.13 Å². The van der Waals surface area contributed by atoms with Crippen LogP contribution in [-0.2, 0) is 0 Å². The summed E-state index contributed by atoms with van der Waals surface area (Å²) in [7, 11) is 0. The minimum atomic E-state index is -0.650. The van der Waals surface area contributed by atoms with Crippen LogP contribution in [0.1, 0.15) is 37.9 Å². The van der Waals surface area contributed by atoms with E-state index in [2.05, 4.69) is 22.5 Å². The summed E-state index contributed by atoms with van der Waals surface area (Å²) in [5.74, 6) is 0.616. The molecule has 1 atom stereocenters. The molecule has 2 aromatic heterocycles. The highest BCUT2D eigenvalue weighted by molar-refractivity contribution is 5.84. The van der Waals surface area contributed by atoms with Crippen molar-refractivity contribution >= 4 is 16.9 Å². The Morgan fingerprint density at radius 1 is 1.09 bits per heavy atom. The number of hydrogen-bond donors (Lipinski definition) is 1. The molecule has 5 rings (SSSR count). The zero-order chi connectivity index (χ0) is 24.2. The number of rotatable bonds is 7. The average molecular weight is 468 g/mol. The number of nitrogens with zero attached hydrogens (tertiary/aromatic N) is 2. The lowest BCUT2D eigenvalue weighted by molar-refractivity contribution is 0.198. The number of ether oxygens (including phenoxy) is 1. The van der Waals surface area contributed by atoms with Crippen molar-refractivity contribution in [3.8, 4) is 11.4 Å². The zero-order valence-corrected chi connectivity index (χ0v) is 19.4.